The third-order valence-electron chi connectivity index (χ3n) is 4.41. The fraction of sp³-hybridized carbons (Fsp3) is 0.278. The molecule has 3 aromatic rings. The van der Waals surface area contributed by atoms with Gasteiger partial charge < -0.3 is 4.42 Å². The fourth-order valence-electron chi connectivity index (χ4n) is 3.08. The number of hydrogen-bond donors (Lipinski definition) is 1. The minimum atomic E-state index is -3.74. The summed E-state index contributed by atoms with van der Waals surface area (Å²) in [5, 5.41) is 0. The van der Waals surface area contributed by atoms with Gasteiger partial charge in [0, 0.05) is 11.6 Å². The maximum absolute atomic E-state index is 13.0. The van der Waals surface area contributed by atoms with Crippen LogP contribution in [0.25, 0.3) is 10.6 Å². The molecule has 5 nitrogen and oxygen atoms in total. The molecule has 0 atom stereocenters. The third-order valence-corrected chi connectivity index (χ3v) is 7.39. The smallest absolute Gasteiger partial charge is 0.271 e. The van der Waals surface area contributed by atoms with Gasteiger partial charge >= 0.3 is 0 Å². The summed E-state index contributed by atoms with van der Waals surface area (Å²) >= 11 is 1.11. The molecule has 1 aromatic carbocycles. The second-order valence-electron chi connectivity index (χ2n) is 6.28. The van der Waals surface area contributed by atoms with Gasteiger partial charge in [-0.15, -0.1) is 11.3 Å². The lowest BCUT2D eigenvalue weighted by Crippen LogP contribution is -2.11. The molecule has 4 rings (SSSR count). The number of aromatic nitrogens is 1. The van der Waals surface area contributed by atoms with Crippen molar-refractivity contribution in [3.63, 3.8) is 0 Å². The Bertz CT molecular complexity index is 1000. The molecule has 136 valence electrons. The Morgan fingerprint density at radius 2 is 1.85 bits per heavy atom. The van der Waals surface area contributed by atoms with Gasteiger partial charge in [0.25, 0.3) is 10.0 Å². The SMILES string of the molecule is O=S(=O)(Nc1ccc(F)cc1)c1ccc(-c2cnc(C3CCCC3)o2)s1. The fourth-order valence-corrected chi connectivity index (χ4v) is 5.39. The zero-order chi connectivity index (χ0) is 18.1. The average Bonchev–Trinajstić information content (AvgIpc) is 3.36. The largest absolute Gasteiger partial charge is 0.440 e. The Hall–Kier alpha value is -2.19. The second-order valence-corrected chi connectivity index (χ2v) is 9.27. The molecule has 1 N–H and O–H groups in total. The van der Waals surface area contributed by atoms with E-state index >= 15 is 0 Å². The topological polar surface area (TPSA) is 72.2 Å². The summed E-state index contributed by atoms with van der Waals surface area (Å²) in [6, 6.07) is 8.41. The Morgan fingerprint density at radius 1 is 1.12 bits per heavy atom. The van der Waals surface area contributed by atoms with Gasteiger partial charge in [0.1, 0.15) is 10.0 Å². The predicted octanol–water partition coefficient (Wildman–Crippen LogP) is 5.00. The lowest BCUT2D eigenvalue weighted by Gasteiger charge is -2.05. The van der Waals surface area contributed by atoms with Crippen molar-refractivity contribution in [2.75, 3.05) is 4.72 Å². The molecule has 0 aliphatic heterocycles. The number of nitrogens with zero attached hydrogens (tertiary/aromatic N) is 1. The molecule has 1 aliphatic carbocycles. The Labute approximate surface area is 154 Å². The van der Waals surface area contributed by atoms with Gasteiger partial charge in [-0.3, -0.25) is 4.72 Å². The molecule has 26 heavy (non-hydrogen) atoms. The van der Waals surface area contributed by atoms with Crippen molar-refractivity contribution < 1.29 is 17.2 Å². The molecule has 0 spiro atoms. The van der Waals surface area contributed by atoms with Crippen LogP contribution in [0.5, 0.6) is 0 Å². The summed E-state index contributed by atoms with van der Waals surface area (Å²) in [6.45, 7) is 0. The van der Waals surface area contributed by atoms with Gasteiger partial charge in [0.2, 0.25) is 0 Å². The standard InChI is InChI=1S/C18H17FN2O3S2/c19-13-5-7-14(8-6-13)21-26(22,23)17-10-9-16(25-17)15-11-20-18(24-15)12-3-1-2-4-12/h5-12,21H,1-4H2. The van der Waals surface area contributed by atoms with E-state index in [2.05, 4.69) is 9.71 Å². The van der Waals surface area contributed by atoms with Gasteiger partial charge in [0.15, 0.2) is 11.7 Å². The molecule has 8 heteroatoms. The van der Waals surface area contributed by atoms with Crippen LogP contribution in [0.2, 0.25) is 0 Å². The van der Waals surface area contributed by atoms with Gasteiger partial charge in [0.05, 0.1) is 11.1 Å². The molecule has 0 amide bonds. The highest BCUT2D eigenvalue weighted by Gasteiger charge is 2.23. The molecule has 0 unspecified atom stereocenters. The molecule has 1 aliphatic rings. The lowest BCUT2D eigenvalue weighted by atomic mass is 10.1. The van der Waals surface area contributed by atoms with Crippen molar-refractivity contribution in [1.82, 2.24) is 4.98 Å². The average molecular weight is 392 g/mol. The summed E-state index contributed by atoms with van der Waals surface area (Å²) in [7, 11) is -3.74. The van der Waals surface area contributed by atoms with Crippen LogP contribution in [0, 0.1) is 5.82 Å². The van der Waals surface area contributed by atoms with E-state index in [-0.39, 0.29) is 4.21 Å². The van der Waals surface area contributed by atoms with Gasteiger partial charge in [-0.1, -0.05) is 12.8 Å². The number of hydrogen-bond acceptors (Lipinski definition) is 5. The maximum atomic E-state index is 13.0. The van der Waals surface area contributed by atoms with Crippen LogP contribution in [0.4, 0.5) is 10.1 Å². The number of rotatable bonds is 5. The molecule has 1 fully saturated rings. The summed E-state index contributed by atoms with van der Waals surface area (Å²) in [6.07, 6.45) is 6.22. The number of halogens is 1. The highest BCUT2D eigenvalue weighted by Crippen LogP contribution is 2.37. The molecule has 0 radical (unpaired) electrons. The van der Waals surface area contributed by atoms with E-state index in [1.807, 2.05) is 0 Å². The first-order valence-electron chi connectivity index (χ1n) is 8.35. The predicted molar refractivity (Wildman–Crippen MR) is 98.2 cm³/mol. The van der Waals surface area contributed by atoms with Crippen LogP contribution >= 0.6 is 11.3 Å². The van der Waals surface area contributed by atoms with E-state index in [4.69, 9.17) is 4.42 Å². The number of thiophene rings is 1. The number of oxazole rings is 1. The number of anilines is 1. The Morgan fingerprint density at radius 3 is 2.58 bits per heavy atom. The van der Waals surface area contributed by atoms with E-state index in [9.17, 15) is 12.8 Å². The number of sulfonamides is 1. The summed E-state index contributed by atoms with van der Waals surface area (Å²) in [5.41, 5.74) is 0.310. The molecule has 0 saturated heterocycles. The van der Waals surface area contributed by atoms with Crippen molar-refractivity contribution in [2.24, 2.45) is 0 Å². The Balaban J connectivity index is 1.54. The monoisotopic (exact) mass is 392 g/mol. The minimum Gasteiger partial charge on any atom is -0.440 e. The van der Waals surface area contributed by atoms with Crippen molar-refractivity contribution in [3.8, 4) is 10.6 Å². The van der Waals surface area contributed by atoms with Crippen molar-refractivity contribution in [1.29, 1.82) is 0 Å². The second kappa shape index (κ2) is 6.85. The highest BCUT2D eigenvalue weighted by atomic mass is 32.2. The van der Waals surface area contributed by atoms with Crippen LogP contribution in [-0.2, 0) is 10.0 Å². The molecule has 2 aromatic heterocycles. The van der Waals surface area contributed by atoms with Crippen LogP contribution in [0.1, 0.15) is 37.5 Å². The first-order valence-corrected chi connectivity index (χ1v) is 10.7. The van der Waals surface area contributed by atoms with E-state index in [1.165, 1.54) is 43.2 Å². The first-order chi connectivity index (χ1) is 12.5. The van der Waals surface area contributed by atoms with Crippen LogP contribution < -0.4 is 4.72 Å². The van der Waals surface area contributed by atoms with Crippen molar-refractivity contribution in [2.45, 2.75) is 35.8 Å². The zero-order valence-electron chi connectivity index (χ0n) is 13.8. The highest BCUT2D eigenvalue weighted by molar-refractivity contribution is 7.94. The van der Waals surface area contributed by atoms with Crippen LogP contribution in [0.3, 0.4) is 0 Å². The van der Waals surface area contributed by atoms with E-state index in [0.29, 0.717) is 22.2 Å². The molecule has 0 bridgehead atoms. The molecule has 1 saturated carbocycles. The minimum absolute atomic E-state index is 0.163. The van der Waals surface area contributed by atoms with Gasteiger partial charge in [-0.2, -0.15) is 0 Å². The third kappa shape index (κ3) is 3.52. The molecular weight excluding hydrogens is 375 g/mol. The number of nitrogens with one attached hydrogen (secondary N) is 1. The zero-order valence-corrected chi connectivity index (χ0v) is 15.4. The van der Waals surface area contributed by atoms with E-state index < -0.39 is 15.8 Å². The molecule has 2 heterocycles. The Kier molecular flexibility index (Phi) is 4.54. The van der Waals surface area contributed by atoms with Crippen molar-refractivity contribution in [3.05, 3.63) is 54.3 Å². The summed E-state index contributed by atoms with van der Waals surface area (Å²) in [5.74, 6) is 1.27. The quantitative estimate of drug-likeness (QED) is 0.663. The summed E-state index contributed by atoms with van der Waals surface area (Å²) < 4.78 is 46.4. The van der Waals surface area contributed by atoms with Crippen LogP contribution in [0.15, 0.2) is 51.2 Å². The number of benzene rings is 1. The van der Waals surface area contributed by atoms with Crippen molar-refractivity contribution >= 4 is 27.0 Å². The van der Waals surface area contributed by atoms with Crippen LogP contribution in [-0.4, -0.2) is 13.4 Å². The van der Waals surface area contributed by atoms with E-state index in [1.54, 1.807) is 12.3 Å². The molecular formula is C18H17FN2O3S2. The first kappa shape index (κ1) is 17.2. The lowest BCUT2D eigenvalue weighted by molar-refractivity contribution is 0.458. The summed E-state index contributed by atoms with van der Waals surface area (Å²) in [4.78, 5) is 5.07. The van der Waals surface area contributed by atoms with E-state index in [0.717, 1.165) is 30.1 Å². The van der Waals surface area contributed by atoms with Gasteiger partial charge in [-0.05, 0) is 49.2 Å². The maximum Gasteiger partial charge on any atom is 0.271 e. The van der Waals surface area contributed by atoms with Gasteiger partial charge in [-0.25, -0.2) is 17.8 Å². The normalized spacial score (nSPS) is 15.4.